The van der Waals surface area contributed by atoms with E-state index in [1.807, 2.05) is 0 Å². The second kappa shape index (κ2) is 21.5. The van der Waals surface area contributed by atoms with Gasteiger partial charge in [-0.1, -0.05) is 238 Å². The molecule has 97 heavy (non-hydrogen) atoms. The van der Waals surface area contributed by atoms with Crippen LogP contribution in [0.3, 0.4) is 0 Å². The Bertz CT molecular complexity index is 6220. The quantitative estimate of drug-likeness (QED) is 0.121. The lowest BCUT2D eigenvalue weighted by molar-refractivity contribution is 0.876. The van der Waals surface area contributed by atoms with Crippen LogP contribution < -0.4 is 9.80 Å². The minimum atomic E-state index is 0.147. The van der Waals surface area contributed by atoms with E-state index in [1.54, 1.807) is 0 Å². The first kappa shape index (κ1) is 54.9. The van der Waals surface area contributed by atoms with Gasteiger partial charge in [0.1, 0.15) is 0 Å². The Morgan fingerprint density at radius 1 is 0.216 bits per heavy atom. The van der Waals surface area contributed by atoms with Crippen LogP contribution in [0.5, 0.6) is 0 Å². The molecule has 4 aromatic heterocycles. The highest BCUT2D eigenvalue weighted by molar-refractivity contribution is 6.31. The Hall–Kier alpha value is -12.6. The first-order valence-corrected chi connectivity index (χ1v) is 33.7. The van der Waals surface area contributed by atoms with Gasteiger partial charge in [0.05, 0.1) is 78.3 Å². The van der Waals surface area contributed by atoms with E-state index < -0.39 is 0 Å². The zero-order valence-electron chi connectivity index (χ0n) is 53.5. The van der Waals surface area contributed by atoms with Crippen LogP contribution in [0.15, 0.2) is 334 Å². The summed E-state index contributed by atoms with van der Waals surface area (Å²) in [4.78, 5) is 5.24. The summed E-state index contributed by atoms with van der Waals surface area (Å²) in [6, 6.07) is 124. The van der Waals surface area contributed by atoms with Gasteiger partial charge in [-0.05, 0) is 142 Å². The number of anilines is 6. The highest BCUT2D eigenvalue weighted by Gasteiger charge is 2.32. The first-order chi connectivity index (χ1) is 48.1. The van der Waals surface area contributed by atoms with Gasteiger partial charge in [0.15, 0.2) is 0 Å². The summed E-state index contributed by atoms with van der Waals surface area (Å²) in [5.41, 5.74) is 21.3. The molecule has 0 radical (unpaired) electrons. The fourth-order valence-corrected chi connectivity index (χ4v) is 16.6. The van der Waals surface area contributed by atoms with Crippen molar-refractivity contribution >= 4 is 154 Å². The summed E-state index contributed by atoms with van der Waals surface area (Å²) in [5.74, 6) is 0.147. The molecule has 0 saturated carbocycles. The lowest BCUT2D eigenvalue weighted by atomic mass is 9.86. The number of nitrogens with zero attached hydrogens (tertiary/aromatic N) is 6. The third-order valence-electron chi connectivity index (χ3n) is 20.6. The molecular formula is C91H62N6. The molecule has 4 heterocycles. The SMILES string of the molecule is CC(C)c1cc(N(c2cccc3c4ccccc4n(-c4ccccc4)c23)c2cccc3c4ccccc4n(-c4ccccc4)c23)c2ccc3ccc(N(c4cccc5c6ccccc6n(-c6ccccc6)c45)c4cccc5c6ccccc6n(-c6ccccc6)c45)c4ccc1c2c34. The fourth-order valence-electron chi connectivity index (χ4n) is 16.6. The highest BCUT2D eigenvalue weighted by Crippen LogP contribution is 2.55. The number of fused-ring (bicyclic) bond motifs is 12. The molecule has 0 aliphatic rings. The lowest BCUT2D eigenvalue weighted by Crippen LogP contribution is -2.15. The largest absolute Gasteiger partial charge is 0.307 e. The molecule has 16 aromatic carbocycles. The summed E-state index contributed by atoms with van der Waals surface area (Å²) < 4.78 is 9.97. The van der Waals surface area contributed by atoms with Crippen LogP contribution in [-0.2, 0) is 0 Å². The molecule has 20 rings (SSSR count). The third-order valence-corrected chi connectivity index (χ3v) is 20.6. The molecule has 0 aliphatic carbocycles. The maximum Gasteiger partial charge on any atom is 0.0782 e. The topological polar surface area (TPSA) is 26.2 Å². The summed E-state index contributed by atoms with van der Waals surface area (Å²) in [6.45, 7) is 4.74. The molecule has 0 fully saturated rings. The normalized spacial score (nSPS) is 12.1. The summed E-state index contributed by atoms with van der Waals surface area (Å²) in [6.07, 6.45) is 0. The molecule has 456 valence electrons. The Labute approximate surface area is 560 Å². The number of hydrogen-bond donors (Lipinski definition) is 0. The Kier molecular flexibility index (Phi) is 12.1. The molecule has 0 N–H and O–H groups in total. The van der Waals surface area contributed by atoms with E-state index in [4.69, 9.17) is 0 Å². The van der Waals surface area contributed by atoms with Crippen molar-refractivity contribution in [2.75, 3.05) is 9.80 Å². The molecule has 0 spiro atoms. The number of rotatable bonds is 11. The van der Waals surface area contributed by atoms with E-state index in [1.165, 1.54) is 70.2 Å². The van der Waals surface area contributed by atoms with E-state index in [9.17, 15) is 0 Å². The van der Waals surface area contributed by atoms with Crippen LogP contribution >= 0.6 is 0 Å². The predicted molar refractivity (Wildman–Crippen MR) is 411 cm³/mol. The van der Waals surface area contributed by atoms with Gasteiger partial charge in [-0.3, -0.25) is 0 Å². The molecule has 20 aromatic rings. The van der Waals surface area contributed by atoms with Crippen molar-refractivity contribution in [3.8, 4) is 22.7 Å². The van der Waals surface area contributed by atoms with Crippen molar-refractivity contribution in [2.24, 2.45) is 0 Å². The van der Waals surface area contributed by atoms with Gasteiger partial charge in [0.2, 0.25) is 0 Å². The first-order valence-electron chi connectivity index (χ1n) is 33.7. The van der Waals surface area contributed by atoms with E-state index in [0.29, 0.717) is 0 Å². The van der Waals surface area contributed by atoms with Gasteiger partial charge in [-0.15, -0.1) is 0 Å². The van der Waals surface area contributed by atoms with Gasteiger partial charge in [-0.2, -0.15) is 0 Å². The van der Waals surface area contributed by atoms with E-state index in [0.717, 1.165) is 112 Å². The second-order valence-corrected chi connectivity index (χ2v) is 26.1. The monoisotopic (exact) mass is 1240 g/mol. The standard InChI is InChI=1S/C91H62N6/c1-58(2)75-57-85(97(83-49-25-41-71-66-37-17-21-45-78(66)94(90(71)83)62-31-11-5-12-32-62)84-50-26-42-72-67-38-18-22-46-79(67)95(91(72)84)63-33-13-6-14-34-63)74-53-51-59-52-56-80(73-55-54-68(75)87(74)86(59)73)96(81-47-23-39-69-64-35-15-19-43-76(64)92(88(69)81)60-27-7-3-8-28-60)82-48-24-40-70-65-36-16-20-44-77(65)93(89(70)82)61-29-9-4-10-30-61/h3-58H,1-2H3. The van der Waals surface area contributed by atoms with Crippen molar-refractivity contribution in [2.45, 2.75) is 19.8 Å². The summed E-state index contributed by atoms with van der Waals surface area (Å²) in [5, 5.41) is 16.8. The van der Waals surface area contributed by atoms with Crippen LogP contribution in [0.1, 0.15) is 25.3 Å². The fraction of sp³-hybridized carbons (Fsp3) is 0.0330. The number of aromatic nitrogens is 4. The van der Waals surface area contributed by atoms with Gasteiger partial charge in [0.25, 0.3) is 0 Å². The number of para-hydroxylation sites is 12. The minimum Gasteiger partial charge on any atom is -0.307 e. The summed E-state index contributed by atoms with van der Waals surface area (Å²) >= 11 is 0. The zero-order chi connectivity index (χ0) is 64.0. The molecular weight excluding hydrogens is 1180 g/mol. The molecule has 6 nitrogen and oxygen atoms in total. The maximum atomic E-state index is 2.64. The second-order valence-electron chi connectivity index (χ2n) is 26.1. The number of hydrogen-bond acceptors (Lipinski definition) is 2. The average Bonchev–Trinajstić information content (AvgIpc) is 0.843. The molecule has 0 unspecified atom stereocenters. The smallest absolute Gasteiger partial charge is 0.0782 e. The Morgan fingerprint density at radius 3 is 0.866 bits per heavy atom. The van der Waals surface area contributed by atoms with Crippen LogP contribution in [0.25, 0.3) is 142 Å². The van der Waals surface area contributed by atoms with Crippen LogP contribution in [0, 0.1) is 0 Å². The van der Waals surface area contributed by atoms with Gasteiger partial charge in [0, 0.05) is 76.6 Å². The van der Waals surface area contributed by atoms with Crippen LogP contribution in [0.2, 0.25) is 0 Å². The number of benzene rings is 16. The van der Waals surface area contributed by atoms with Crippen molar-refractivity contribution < 1.29 is 0 Å². The molecule has 6 heteroatoms. The summed E-state index contributed by atoms with van der Waals surface area (Å²) in [7, 11) is 0. The third kappa shape index (κ3) is 8.02. The van der Waals surface area contributed by atoms with E-state index >= 15 is 0 Å². The average molecular weight is 1240 g/mol. The molecule has 0 amide bonds. The van der Waals surface area contributed by atoms with Gasteiger partial charge >= 0.3 is 0 Å². The molecule has 0 aliphatic heterocycles. The lowest BCUT2D eigenvalue weighted by Gasteiger charge is -2.32. The molecule has 0 atom stereocenters. The van der Waals surface area contributed by atoms with Crippen molar-refractivity contribution in [1.82, 2.24) is 18.3 Å². The highest BCUT2D eigenvalue weighted by atomic mass is 15.2. The van der Waals surface area contributed by atoms with Crippen molar-refractivity contribution in [1.29, 1.82) is 0 Å². The molecule has 0 bridgehead atoms. The van der Waals surface area contributed by atoms with Crippen molar-refractivity contribution in [3.63, 3.8) is 0 Å². The maximum absolute atomic E-state index is 2.64. The van der Waals surface area contributed by atoms with Crippen LogP contribution in [-0.4, -0.2) is 18.3 Å². The van der Waals surface area contributed by atoms with Gasteiger partial charge < -0.3 is 28.1 Å². The van der Waals surface area contributed by atoms with E-state index in [-0.39, 0.29) is 5.92 Å². The zero-order valence-corrected chi connectivity index (χ0v) is 53.5. The molecule has 0 saturated heterocycles. The van der Waals surface area contributed by atoms with Crippen molar-refractivity contribution in [3.05, 3.63) is 339 Å². The predicted octanol–water partition coefficient (Wildman–Crippen LogP) is 25.0. The Balaban J connectivity index is 0.941. The minimum absolute atomic E-state index is 0.147. The van der Waals surface area contributed by atoms with Crippen LogP contribution in [0.4, 0.5) is 34.1 Å². The van der Waals surface area contributed by atoms with E-state index in [2.05, 4.69) is 376 Å². The van der Waals surface area contributed by atoms with Gasteiger partial charge in [-0.25, -0.2) is 0 Å². The Morgan fingerprint density at radius 2 is 0.505 bits per heavy atom.